The van der Waals surface area contributed by atoms with Crippen LogP contribution in [-0.4, -0.2) is 60.5 Å². The molecular formula is C24H36Cl3N5O2S. The Morgan fingerprint density at radius 2 is 1.91 bits per heavy atom. The van der Waals surface area contributed by atoms with E-state index in [1.807, 2.05) is 23.7 Å². The summed E-state index contributed by atoms with van der Waals surface area (Å²) >= 11 is 6.16. The van der Waals surface area contributed by atoms with Crippen LogP contribution in [0.1, 0.15) is 55.5 Å². The second-order valence-corrected chi connectivity index (χ2v) is 12.2. The van der Waals surface area contributed by atoms with Gasteiger partial charge in [0.15, 0.2) is 0 Å². The number of fused-ring (bicyclic) bond motifs is 1. The number of nitrogens with one attached hydrogen (secondary N) is 2. The van der Waals surface area contributed by atoms with Crippen LogP contribution in [0.5, 0.6) is 0 Å². The summed E-state index contributed by atoms with van der Waals surface area (Å²) in [7, 11) is -3.24. The Labute approximate surface area is 226 Å². The summed E-state index contributed by atoms with van der Waals surface area (Å²) in [5.41, 5.74) is 3.79. The number of benzene rings is 1. The summed E-state index contributed by atoms with van der Waals surface area (Å²) in [6, 6.07) is 8.53. The maximum absolute atomic E-state index is 12.8. The van der Waals surface area contributed by atoms with E-state index in [0.29, 0.717) is 19.5 Å². The van der Waals surface area contributed by atoms with E-state index in [1.54, 1.807) is 4.31 Å². The predicted octanol–water partition coefficient (Wildman–Crippen LogP) is 3.70. The van der Waals surface area contributed by atoms with Crippen molar-refractivity contribution in [3.05, 3.63) is 52.3 Å². The predicted molar refractivity (Wildman–Crippen MR) is 146 cm³/mol. The summed E-state index contributed by atoms with van der Waals surface area (Å²) in [5, 5.41) is 12.7. The number of rotatable bonds is 9. The molecule has 0 amide bonds. The molecule has 1 aliphatic carbocycles. The van der Waals surface area contributed by atoms with Crippen molar-refractivity contribution in [1.82, 2.24) is 24.7 Å². The van der Waals surface area contributed by atoms with Crippen LogP contribution in [0, 0.1) is 0 Å². The number of sulfonamides is 1. The minimum absolute atomic E-state index is 0. The van der Waals surface area contributed by atoms with Gasteiger partial charge in [0.2, 0.25) is 10.0 Å². The maximum atomic E-state index is 12.8. The van der Waals surface area contributed by atoms with Crippen LogP contribution in [-0.2, 0) is 28.4 Å². The van der Waals surface area contributed by atoms with Crippen LogP contribution in [0.4, 0.5) is 0 Å². The van der Waals surface area contributed by atoms with E-state index in [-0.39, 0.29) is 48.1 Å². The Balaban J connectivity index is 0.00000171. The molecule has 2 fully saturated rings. The standard InChI is InChI=1S/C24H34ClN5O2S.2ClH/c1-2-14-33(31,32)30(21-15-26-16-21)13-12-29-17-18-8-11-27-23(22(18)28-29)24(9-3-10-24)19-4-6-20(25)7-5-19;;/h4-7,17,21,23,26-27H,2-3,8-16H2,1H3;2*1H. The summed E-state index contributed by atoms with van der Waals surface area (Å²) < 4.78 is 29.4. The lowest BCUT2D eigenvalue weighted by atomic mass is 9.58. The zero-order chi connectivity index (χ0) is 23.1. The Kier molecular flexibility index (Phi) is 9.57. The molecule has 0 bridgehead atoms. The minimum Gasteiger partial charge on any atom is -0.313 e. The first-order chi connectivity index (χ1) is 15.9. The van der Waals surface area contributed by atoms with Gasteiger partial charge < -0.3 is 10.6 Å². The normalized spacial score (nSPS) is 21.3. The van der Waals surface area contributed by atoms with Crippen molar-refractivity contribution in [3.8, 4) is 0 Å². The second-order valence-electron chi connectivity index (χ2n) is 9.70. The van der Waals surface area contributed by atoms with Gasteiger partial charge in [0.1, 0.15) is 0 Å². The minimum atomic E-state index is -3.24. The van der Waals surface area contributed by atoms with E-state index in [0.717, 1.165) is 49.6 Å². The number of hydrogen-bond acceptors (Lipinski definition) is 5. The van der Waals surface area contributed by atoms with Crippen molar-refractivity contribution < 1.29 is 8.42 Å². The quantitative estimate of drug-likeness (QED) is 0.486. The van der Waals surface area contributed by atoms with Gasteiger partial charge in [0, 0.05) is 42.3 Å². The molecule has 1 saturated heterocycles. The van der Waals surface area contributed by atoms with Crippen molar-refractivity contribution in [2.24, 2.45) is 0 Å². The van der Waals surface area contributed by atoms with Gasteiger partial charge in [0.05, 0.1) is 24.0 Å². The highest BCUT2D eigenvalue weighted by molar-refractivity contribution is 7.89. The van der Waals surface area contributed by atoms with Gasteiger partial charge in [-0.3, -0.25) is 4.68 Å². The third-order valence-corrected chi connectivity index (χ3v) is 10.0. The third kappa shape index (κ3) is 5.54. The monoisotopic (exact) mass is 563 g/mol. The summed E-state index contributed by atoms with van der Waals surface area (Å²) in [4.78, 5) is 0. The zero-order valence-corrected chi connectivity index (χ0v) is 23.3. The molecular weight excluding hydrogens is 529 g/mol. The molecule has 3 heterocycles. The fraction of sp³-hybridized carbons (Fsp3) is 0.625. The first-order valence-corrected chi connectivity index (χ1v) is 14.2. The van der Waals surface area contributed by atoms with E-state index < -0.39 is 10.0 Å². The number of hydrogen-bond donors (Lipinski definition) is 2. The van der Waals surface area contributed by atoms with Gasteiger partial charge in [-0.2, -0.15) is 9.40 Å². The fourth-order valence-corrected chi connectivity index (χ4v) is 7.46. The van der Waals surface area contributed by atoms with Crippen LogP contribution >= 0.6 is 36.4 Å². The van der Waals surface area contributed by atoms with Crippen LogP contribution < -0.4 is 10.6 Å². The summed E-state index contributed by atoms with van der Waals surface area (Å²) in [6.07, 6.45) is 7.21. The van der Waals surface area contributed by atoms with E-state index in [9.17, 15) is 8.42 Å². The van der Waals surface area contributed by atoms with Gasteiger partial charge in [-0.1, -0.05) is 37.1 Å². The first kappa shape index (κ1) is 28.7. The molecule has 196 valence electrons. The number of nitrogens with zero attached hydrogens (tertiary/aromatic N) is 3. The van der Waals surface area contributed by atoms with Gasteiger partial charge >= 0.3 is 0 Å². The van der Waals surface area contributed by atoms with Crippen LogP contribution in [0.15, 0.2) is 30.5 Å². The zero-order valence-electron chi connectivity index (χ0n) is 20.1. The topological polar surface area (TPSA) is 79.3 Å². The van der Waals surface area contributed by atoms with Gasteiger partial charge in [-0.25, -0.2) is 8.42 Å². The highest BCUT2D eigenvalue weighted by Gasteiger charge is 2.48. The Hall–Kier alpha value is -0.870. The molecule has 5 rings (SSSR count). The largest absolute Gasteiger partial charge is 0.313 e. The highest BCUT2D eigenvalue weighted by atomic mass is 35.5. The molecule has 1 aromatic heterocycles. The van der Waals surface area contributed by atoms with Crippen molar-refractivity contribution in [3.63, 3.8) is 0 Å². The molecule has 1 saturated carbocycles. The summed E-state index contributed by atoms with van der Waals surface area (Å²) in [6.45, 7) is 5.36. The van der Waals surface area contributed by atoms with E-state index in [2.05, 4.69) is 29.0 Å². The lowest BCUT2D eigenvalue weighted by Crippen LogP contribution is -2.59. The maximum Gasteiger partial charge on any atom is 0.214 e. The molecule has 1 atom stereocenters. The molecule has 0 radical (unpaired) electrons. The average molecular weight is 565 g/mol. The lowest BCUT2D eigenvalue weighted by Gasteiger charge is -2.49. The van der Waals surface area contributed by atoms with Gasteiger partial charge in [-0.15, -0.1) is 24.8 Å². The fourth-order valence-electron chi connectivity index (χ4n) is 5.62. The first-order valence-electron chi connectivity index (χ1n) is 12.2. The third-order valence-electron chi connectivity index (χ3n) is 7.64. The molecule has 2 aromatic rings. The van der Waals surface area contributed by atoms with Crippen molar-refractivity contribution in [1.29, 1.82) is 0 Å². The Morgan fingerprint density at radius 3 is 2.49 bits per heavy atom. The van der Waals surface area contributed by atoms with Crippen LogP contribution in [0.25, 0.3) is 0 Å². The van der Waals surface area contributed by atoms with Gasteiger partial charge in [0.25, 0.3) is 0 Å². The van der Waals surface area contributed by atoms with Crippen molar-refractivity contribution in [2.45, 2.75) is 63.1 Å². The number of aromatic nitrogens is 2. The highest BCUT2D eigenvalue weighted by Crippen LogP contribution is 2.53. The molecule has 1 unspecified atom stereocenters. The summed E-state index contributed by atoms with van der Waals surface area (Å²) in [5.74, 6) is 0.203. The van der Waals surface area contributed by atoms with E-state index >= 15 is 0 Å². The van der Waals surface area contributed by atoms with Gasteiger partial charge in [-0.05, 0) is 55.5 Å². The Bertz CT molecular complexity index is 1090. The smallest absolute Gasteiger partial charge is 0.214 e. The molecule has 3 aliphatic rings. The molecule has 35 heavy (non-hydrogen) atoms. The molecule has 11 heteroatoms. The van der Waals surface area contributed by atoms with Crippen LogP contribution in [0.3, 0.4) is 0 Å². The molecule has 7 nitrogen and oxygen atoms in total. The van der Waals surface area contributed by atoms with Crippen molar-refractivity contribution in [2.75, 3.05) is 31.9 Å². The molecule has 1 aromatic carbocycles. The van der Waals surface area contributed by atoms with E-state index in [1.165, 1.54) is 17.5 Å². The molecule has 0 spiro atoms. The second kappa shape index (κ2) is 11.7. The Morgan fingerprint density at radius 1 is 1.20 bits per heavy atom. The lowest BCUT2D eigenvalue weighted by molar-refractivity contribution is 0.161. The van der Waals surface area contributed by atoms with Crippen LogP contribution in [0.2, 0.25) is 5.02 Å². The average Bonchev–Trinajstić information content (AvgIpc) is 3.14. The number of halogens is 3. The molecule has 2 aliphatic heterocycles. The van der Waals surface area contributed by atoms with Crippen molar-refractivity contribution >= 4 is 46.4 Å². The molecule has 2 N–H and O–H groups in total. The SMILES string of the molecule is CCCS(=O)(=O)N(CCn1cc2c(n1)C(C1(c3ccc(Cl)cc3)CCC1)NCC2)C1CNC1.Cl.Cl. The van der Waals surface area contributed by atoms with E-state index in [4.69, 9.17) is 16.7 Å².